The first-order chi connectivity index (χ1) is 12.7. The molecule has 0 bridgehead atoms. The van der Waals surface area contributed by atoms with Gasteiger partial charge in [-0.1, -0.05) is 54.6 Å². The fourth-order valence-corrected chi connectivity index (χ4v) is 3.75. The lowest BCUT2D eigenvalue weighted by Gasteiger charge is -2.24. The molecule has 1 aliphatic heterocycles. The minimum Gasteiger partial charge on any atom is -0.316 e. The van der Waals surface area contributed by atoms with Crippen LogP contribution in [-0.4, -0.2) is 25.4 Å². The first-order valence-corrected chi connectivity index (χ1v) is 8.64. The van der Waals surface area contributed by atoms with Crippen LogP contribution < -0.4 is 5.32 Å². The summed E-state index contributed by atoms with van der Waals surface area (Å²) in [5.74, 6) is -3.17. The molecule has 1 saturated heterocycles. The summed E-state index contributed by atoms with van der Waals surface area (Å²) >= 11 is 0. The van der Waals surface area contributed by atoms with Crippen molar-refractivity contribution in [1.29, 1.82) is 0 Å². The van der Waals surface area contributed by atoms with Gasteiger partial charge in [0.2, 0.25) is 0 Å². The topological polar surface area (TPSA) is 12.0 Å². The number of rotatable bonds is 4. The zero-order chi connectivity index (χ0) is 19.7. The van der Waals surface area contributed by atoms with Gasteiger partial charge in [0.1, 0.15) is 0 Å². The van der Waals surface area contributed by atoms with Gasteiger partial charge in [0.05, 0.1) is 0 Å². The zero-order valence-electron chi connectivity index (χ0n) is 14.3. The van der Waals surface area contributed by atoms with Gasteiger partial charge >= 0.3 is 12.4 Å². The van der Waals surface area contributed by atoms with Crippen LogP contribution in [0, 0.1) is 5.92 Å². The molecule has 3 rings (SSSR count). The standard InChI is InChI=1S/C20H19F6N/c21-19(22,23)18(20(24,25)26)15-8-6-14(7-9-15)17-12-27-11-16(17)10-13-4-2-1-3-5-13/h1-9,16-18,27H,10-12H2/t16-,17+/m1/s1. The highest BCUT2D eigenvalue weighted by molar-refractivity contribution is 5.31. The lowest BCUT2D eigenvalue weighted by atomic mass is 9.84. The Bertz CT molecular complexity index is 722. The Labute approximate surface area is 153 Å². The van der Waals surface area contributed by atoms with Gasteiger partial charge in [-0.05, 0) is 35.6 Å². The first-order valence-electron chi connectivity index (χ1n) is 8.64. The molecule has 0 aliphatic carbocycles. The molecular formula is C20H19F6N. The van der Waals surface area contributed by atoms with Gasteiger partial charge in [-0.2, -0.15) is 26.3 Å². The minimum absolute atomic E-state index is 0.0504. The summed E-state index contributed by atoms with van der Waals surface area (Å²) in [7, 11) is 0. The van der Waals surface area contributed by atoms with Gasteiger partial charge in [0, 0.05) is 12.5 Å². The Morgan fingerprint density at radius 3 is 1.96 bits per heavy atom. The highest BCUT2D eigenvalue weighted by atomic mass is 19.4. The molecule has 1 heterocycles. The fourth-order valence-electron chi connectivity index (χ4n) is 3.75. The Morgan fingerprint density at radius 1 is 0.815 bits per heavy atom. The molecule has 0 aromatic heterocycles. The third-order valence-corrected chi connectivity index (χ3v) is 5.03. The molecule has 146 valence electrons. The Balaban J connectivity index is 1.80. The van der Waals surface area contributed by atoms with Gasteiger partial charge in [-0.25, -0.2) is 0 Å². The van der Waals surface area contributed by atoms with Crippen molar-refractivity contribution >= 4 is 0 Å². The van der Waals surface area contributed by atoms with Crippen LogP contribution in [0.1, 0.15) is 28.5 Å². The molecule has 2 aromatic carbocycles. The predicted molar refractivity (Wildman–Crippen MR) is 90.5 cm³/mol. The predicted octanol–water partition coefficient (Wildman–Crippen LogP) is 5.44. The van der Waals surface area contributed by atoms with Crippen LogP contribution in [0.5, 0.6) is 0 Å². The molecule has 1 nitrogen and oxygen atoms in total. The molecular weight excluding hydrogens is 368 g/mol. The van der Waals surface area contributed by atoms with Crippen LogP contribution in [-0.2, 0) is 6.42 Å². The van der Waals surface area contributed by atoms with E-state index in [2.05, 4.69) is 5.32 Å². The summed E-state index contributed by atoms with van der Waals surface area (Å²) in [4.78, 5) is 0. The molecule has 0 amide bonds. The van der Waals surface area contributed by atoms with Crippen LogP contribution in [0.2, 0.25) is 0 Å². The number of hydrogen-bond donors (Lipinski definition) is 1. The van der Waals surface area contributed by atoms with E-state index in [4.69, 9.17) is 0 Å². The van der Waals surface area contributed by atoms with Gasteiger partial charge in [-0.15, -0.1) is 0 Å². The average molecular weight is 387 g/mol. The van der Waals surface area contributed by atoms with Gasteiger partial charge in [-0.3, -0.25) is 0 Å². The minimum atomic E-state index is -5.37. The zero-order valence-corrected chi connectivity index (χ0v) is 14.3. The van der Waals surface area contributed by atoms with Crippen LogP contribution in [0.25, 0.3) is 0 Å². The summed E-state index contributed by atoms with van der Waals surface area (Å²) < 4.78 is 77.3. The van der Waals surface area contributed by atoms with Gasteiger partial charge < -0.3 is 5.32 Å². The molecule has 0 radical (unpaired) electrons. The summed E-state index contributed by atoms with van der Waals surface area (Å²) in [6.45, 7) is 1.41. The molecule has 27 heavy (non-hydrogen) atoms. The molecule has 2 aromatic rings. The molecule has 1 aliphatic rings. The highest BCUT2D eigenvalue weighted by Crippen LogP contribution is 2.46. The maximum atomic E-state index is 12.9. The molecule has 0 unspecified atom stereocenters. The third-order valence-electron chi connectivity index (χ3n) is 5.03. The van der Waals surface area contributed by atoms with E-state index < -0.39 is 23.8 Å². The highest BCUT2D eigenvalue weighted by Gasteiger charge is 2.57. The third kappa shape index (κ3) is 4.64. The van der Waals surface area contributed by atoms with Crippen molar-refractivity contribution in [3.8, 4) is 0 Å². The summed E-state index contributed by atoms with van der Waals surface area (Å²) in [6.07, 6.45) is -9.94. The number of hydrogen-bond acceptors (Lipinski definition) is 1. The van der Waals surface area contributed by atoms with Gasteiger partial charge in [0.15, 0.2) is 5.92 Å². The van der Waals surface area contributed by atoms with Crippen molar-refractivity contribution < 1.29 is 26.3 Å². The Morgan fingerprint density at radius 2 is 1.41 bits per heavy atom. The van der Waals surface area contributed by atoms with E-state index in [1.165, 1.54) is 12.1 Å². The SMILES string of the molecule is FC(F)(F)C(c1ccc([C@@H]2CNC[C@H]2Cc2ccccc2)cc1)C(F)(F)F. The molecule has 0 saturated carbocycles. The smallest absolute Gasteiger partial charge is 0.316 e. The van der Waals surface area contributed by atoms with E-state index in [9.17, 15) is 26.3 Å². The number of nitrogens with one attached hydrogen (secondary N) is 1. The van der Waals surface area contributed by atoms with Crippen molar-refractivity contribution in [3.63, 3.8) is 0 Å². The maximum absolute atomic E-state index is 12.9. The van der Waals surface area contributed by atoms with Crippen LogP contribution >= 0.6 is 0 Å². The summed E-state index contributed by atoms with van der Waals surface area (Å²) in [5, 5.41) is 3.27. The fraction of sp³-hybridized carbons (Fsp3) is 0.400. The van der Waals surface area contributed by atoms with E-state index in [0.29, 0.717) is 6.54 Å². The van der Waals surface area contributed by atoms with Crippen LogP contribution in [0.3, 0.4) is 0 Å². The van der Waals surface area contributed by atoms with E-state index in [-0.39, 0.29) is 11.8 Å². The van der Waals surface area contributed by atoms with Crippen molar-refractivity contribution in [1.82, 2.24) is 5.32 Å². The lowest BCUT2D eigenvalue weighted by Crippen LogP contribution is -2.34. The van der Waals surface area contributed by atoms with Crippen LogP contribution in [0.4, 0.5) is 26.3 Å². The van der Waals surface area contributed by atoms with E-state index >= 15 is 0 Å². The summed E-state index contributed by atoms with van der Waals surface area (Å²) in [5.41, 5.74) is 1.14. The lowest BCUT2D eigenvalue weighted by molar-refractivity contribution is -0.253. The number of alkyl halides is 6. The van der Waals surface area contributed by atoms with Crippen molar-refractivity contribution in [3.05, 3.63) is 71.3 Å². The van der Waals surface area contributed by atoms with Crippen LogP contribution in [0.15, 0.2) is 54.6 Å². The largest absolute Gasteiger partial charge is 0.404 e. The van der Waals surface area contributed by atoms with Crippen molar-refractivity contribution in [2.75, 3.05) is 13.1 Å². The Kier molecular flexibility index (Phi) is 5.51. The normalized spacial score (nSPS) is 21.0. The monoisotopic (exact) mass is 387 g/mol. The second-order valence-electron chi connectivity index (χ2n) is 6.90. The van der Waals surface area contributed by atoms with Crippen molar-refractivity contribution in [2.45, 2.75) is 30.6 Å². The first kappa shape index (κ1) is 19.7. The maximum Gasteiger partial charge on any atom is 0.404 e. The molecule has 2 atom stereocenters. The molecule has 0 spiro atoms. The molecule has 1 N–H and O–H groups in total. The number of halogens is 6. The van der Waals surface area contributed by atoms with Gasteiger partial charge in [0.25, 0.3) is 0 Å². The molecule has 1 fully saturated rings. The van der Waals surface area contributed by atoms with Crippen molar-refractivity contribution in [2.24, 2.45) is 5.92 Å². The quantitative estimate of drug-likeness (QED) is 0.689. The second kappa shape index (κ2) is 7.54. The number of benzene rings is 2. The summed E-state index contributed by atoms with van der Waals surface area (Å²) in [6, 6.07) is 14.5. The van der Waals surface area contributed by atoms with E-state index in [0.717, 1.165) is 36.2 Å². The Hall–Kier alpha value is -2.02. The second-order valence-corrected chi connectivity index (χ2v) is 6.90. The molecule has 7 heteroatoms. The van der Waals surface area contributed by atoms with E-state index in [1.54, 1.807) is 0 Å². The van der Waals surface area contributed by atoms with E-state index in [1.807, 2.05) is 30.3 Å². The average Bonchev–Trinajstić information content (AvgIpc) is 3.02.